The number of alkyl halides is 1. The quantitative estimate of drug-likeness (QED) is 0.443. The van der Waals surface area contributed by atoms with Gasteiger partial charge in [-0.2, -0.15) is 0 Å². The summed E-state index contributed by atoms with van der Waals surface area (Å²) in [4.78, 5) is -0.0917. The van der Waals surface area contributed by atoms with E-state index in [0.29, 0.717) is 0 Å². The van der Waals surface area contributed by atoms with Crippen LogP contribution in [0.2, 0.25) is 0 Å². The van der Waals surface area contributed by atoms with Gasteiger partial charge in [-0.3, -0.25) is 0 Å². The van der Waals surface area contributed by atoms with Gasteiger partial charge in [0.15, 0.2) is 0 Å². The molecule has 0 N–H and O–H groups in total. The van der Waals surface area contributed by atoms with Gasteiger partial charge in [0.2, 0.25) is 0 Å². The molecule has 0 rings (SSSR count). The van der Waals surface area contributed by atoms with Crippen LogP contribution in [-0.2, 0) is 9.05 Å². The standard InChI is InChI=1S/C7H7Cl3O2S/c1-6(9)2-3-7(4-5-8)13(10,11)12/h2-4H,1,5H2/b3-2-,7-4+. The molecule has 0 bridgehead atoms. The van der Waals surface area contributed by atoms with E-state index < -0.39 is 9.05 Å². The molecule has 0 atom stereocenters. The lowest BCUT2D eigenvalue weighted by atomic mass is 10.4. The van der Waals surface area contributed by atoms with E-state index in [9.17, 15) is 8.42 Å². The zero-order valence-electron chi connectivity index (χ0n) is 6.50. The van der Waals surface area contributed by atoms with Crippen LogP contribution in [0.4, 0.5) is 0 Å². The van der Waals surface area contributed by atoms with Gasteiger partial charge >= 0.3 is 0 Å². The van der Waals surface area contributed by atoms with Gasteiger partial charge in [-0.25, -0.2) is 8.42 Å². The maximum absolute atomic E-state index is 10.8. The molecule has 0 saturated heterocycles. The lowest BCUT2D eigenvalue weighted by molar-refractivity contribution is 0.615. The zero-order valence-corrected chi connectivity index (χ0v) is 9.59. The van der Waals surface area contributed by atoms with E-state index >= 15 is 0 Å². The van der Waals surface area contributed by atoms with E-state index in [4.69, 9.17) is 33.9 Å². The summed E-state index contributed by atoms with van der Waals surface area (Å²) in [6, 6.07) is 0. The van der Waals surface area contributed by atoms with Gasteiger partial charge in [-0.05, 0) is 18.2 Å². The molecule has 0 radical (unpaired) electrons. The molecule has 0 unspecified atom stereocenters. The lowest BCUT2D eigenvalue weighted by Crippen LogP contribution is -1.92. The molecular formula is C7H7Cl3O2S. The Hall–Kier alpha value is 0.0400. The second-order valence-electron chi connectivity index (χ2n) is 1.98. The van der Waals surface area contributed by atoms with Crippen molar-refractivity contribution in [2.45, 2.75) is 0 Å². The largest absolute Gasteiger partial charge is 0.261 e. The molecular weight excluding hydrogens is 255 g/mol. The number of allylic oxidation sites excluding steroid dienone is 4. The summed E-state index contributed by atoms with van der Waals surface area (Å²) in [5, 5.41) is 0.209. The minimum atomic E-state index is -3.76. The first-order valence-corrected chi connectivity index (χ1v) is 6.33. The highest BCUT2D eigenvalue weighted by Gasteiger charge is 2.09. The van der Waals surface area contributed by atoms with Crippen LogP contribution >= 0.6 is 33.9 Å². The van der Waals surface area contributed by atoms with Crippen molar-refractivity contribution in [2.24, 2.45) is 0 Å². The predicted octanol–water partition coefficient (Wildman–Crippen LogP) is 2.99. The SMILES string of the molecule is C=C(Cl)/C=C\C(=C/CCl)S(=O)(=O)Cl. The molecule has 13 heavy (non-hydrogen) atoms. The molecule has 0 aliphatic carbocycles. The van der Waals surface area contributed by atoms with Crippen LogP contribution < -0.4 is 0 Å². The molecule has 0 aliphatic heterocycles. The van der Waals surface area contributed by atoms with Crippen LogP contribution in [0.15, 0.2) is 34.7 Å². The highest BCUT2D eigenvalue weighted by molar-refractivity contribution is 8.17. The van der Waals surface area contributed by atoms with Gasteiger partial charge in [-0.1, -0.05) is 18.2 Å². The first-order valence-electron chi connectivity index (χ1n) is 3.11. The van der Waals surface area contributed by atoms with Gasteiger partial charge in [-0.15, -0.1) is 11.6 Å². The minimum absolute atomic E-state index is 0.0559. The highest BCUT2D eigenvalue weighted by atomic mass is 35.7. The summed E-state index contributed by atoms with van der Waals surface area (Å²) < 4.78 is 21.7. The molecule has 0 aromatic carbocycles. The van der Waals surface area contributed by atoms with Crippen LogP contribution in [0.3, 0.4) is 0 Å². The molecule has 0 aromatic heterocycles. The number of rotatable bonds is 4. The fraction of sp³-hybridized carbons (Fsp3) is 0.143. The number of hydrogen-bond donors (Lipinski definition) is 0. The van der Waals surface area contributed by atoms with Gasteiger partial charge in [0.05, 0.1) is 4.91 Å². The topological polar surface area (TPSA) is 34.1 Å². The van der Waals surface area contributed by atoms with Crippen LogP contribution in [-0.4, -0.2) is 14.3 Å². The summed E-state index contributed by atoms with van der Waals surface area (Å²) in [7, 11) is 1.32. The predicted molar refractivity (Wildman–Crippen MR) is 57.7 cm³/mol. The highest BCUT2D eigenvalue weighted by Crippen LogP contribution is 2.15. The average molecular weight is 262 g/mol. The Morgan fingerprint density at radius 3 is 2.23 bits per heavy atom. The number of hydrogen-bond acceptors (Lipinski definition) is 2. The Morgan fingerprint density at radius 1 is 1.38 bits per heavy atom. The maximum Gasteiger partial charge on any atom is 0.261 e. The van der Waals surface area contributed by atoms with E-state index in [1.807, 2.05) is 0 Å². The first-order chi connectivity index (χ1) is 5.88. The van der Waals surface area contributed by atoms with Crippen molar-refractivity contribution in [1.29, 1.82) is 0 Å². The van der Waals surface area contributed by atoms with Crippen molar-refractivity contribution in [3.05, 3.63) is 34.7 Å². The maximum atomic E-state index is 10.8. The number of halogens is 3. The van der Waals surface area contributed by atoms with Gasteiger partial charge < -0.3 is 0 Å². The fourth-order valence-corrected chi connectivity index (χ4v) is 1.67. The monoisotopic (exact) mass is 260 g/mol. The second kappa shape index (κ2) is 5.70. The lowest BCUT2D eigenvalue weighted by Gasteiger charge is -1.94. The average Bonchev–Trinajstić information content (AvgIpc) is 1.95. The van der Waals surface area contributed by atoms with Crippen molar-refractivity contribution < 1.29 is 8.42 Å². The molecule has 6 heteroatoms. The minimum Gasteiger partial charge on any atom is -0.207 e. The van der Waals surface area contributed by atoms with E-state index in [-0.39, 0.29) is 15.8 Å². The Labute approximate surface area is 91.9 Å². The summed E-state index contributed by atoms with van der Waals surface area (Å²) in [6.07, 6.45) is 3.82. The Morgan fingerprint density at radius 2 is 1.92 bits per heavy atom. The normalized spacial score (nSPS) is 13.6. The molecule has 0 spiro atoms. The zero-order chi connectivity index (χ0) is 10.5. The molecule has 0 heterocycles. The summed E-state index contributed by atoms with van der Waals surface area (Å²) in [6.45, 7) is 3.35. The summed E-state index contributed by atoms with van der Waals surface area (Å²) >= 11 is 10.7. The van der Waals surface area contributed by atoms with Crippen LogP contribution in [0.25, 0.3) is 0 Å². The third-order valence-corrected chi connectivity index (χ3v) is 2.67. The van der Waals surface area contributed by atoms with E-state index in [0.717, 1.165) is 0 Å². The molecule has 2 nitrogen and oxygen atoms in total. The molecule has 0 amide bonds. The van der Waals surface area contributed by atoms with Crippen molar-refractivity contribution in [2.75, 3.05) is 5.88 Å². The van der Waals surface area contributed by atoms with Crippen molar-refractivity contribution >= 4 is 42.9 Å². The van der Waals surface area contributed by atoms with E-state index in [1.54, 1.807) is 0 Å². The Bertz CT molecular complexity index is 341. The molecule has 0 aromatic rings. The molecule has 0 fully saturated rings. The van der Waals surface area contributed by atoms with Crippen molar-refractivity contribution in [1.82, 2.24) is 0 Å². The van der Waals surface area contributed by atoms with Crippen LogP contribution in [0.5, 0.6) is 0 Å². The van der Waals surface area contributed by atoms with E-state index in [1.165, 1.54) is 18.2 Å². The molecule has 0 saturated carbocycles. The van der Waals surface area contributed by atoms with Crippen molar-refractivity contribution in [3.8, 4) is 0 Å². The van der Waals surface area contributed by atoms with Crippen molar-refractivity contribution in [3.63, 3.8) is 0 Å². The first kappa shape index (κ1) is 13.0. The second-order valence-corrected chi connectivity index (χ2v) is 5.34. The molecule has 74 valence electrons. The Kier molecular flexibility index (Phi) is 5.72. The third-order valence-electron chi connectivity index (χ3n) is 0.988. The summed E-state index contributed by atoms with van der Waals surface area (Å²) in [5.41, 5.74) is 0. The smallest absolute Gasteiger partial charge is 0.207 e. The molecule has 0 aliphatic rings. The van der Waals surface area contributed by atoms with Crippen LogP contribution in [0, 0.1) is 0 Å². The third kappa shape index (κ3) is 6.16. The summed E-state index contributed by atoms with van der Waals surface area (Å²) in [5.74, 6) is 0.0559. The van der Waals surface area contributed by atoms with Crippen LogP contribution in [0.1, 0.15) is 0 Å². The van der Waals surface area contributed by atoms with Gasteiger partial charge in [0.25, 0.3) is 9.05 Å². The fourth-order valence-electron chi connectivity index (χ4n) is 0.497. The van der Waals surface area contributed by atoms with Gasteiger partial charge in [0, 0.05) is 21.6 Å². The Balaban J connectivity index is 4.88. The van der Waals surface area contributed by atoms with Gasteiger partial charge in [0.1, 0.15) is 0 Å². The van der Waals surface area contributed by atoms with E-state index in [2.05, 4.69) is 6.58 Å².